The van der Waals surface area contributed by atoms with E-state index in [2.05, 4.69) is 39.8 Å². The fourth-order valence-corrected chi connectivity index (χ4v) is 4.16. The van der Waals surface area contributed by atoms with Crippen LogP contribution in [0.1, 0.15) is 35.8 Å². The zero-order valence-electron chi connectivity index (χ0n) is 17.1. The zero-order valence-corrected chi connectivity index (χ0v) is 17.1. The molecule has 1 aliphatic heterocycles. The van der Waals surface area contributed by atoms with Gasteiger partial charge in [-0.05, 0) is 65.8 Å². The fourth-order valence-electron chi connectivity index (χ4n) is 4.16. The molecule has 2 aromatic carbocycles. The number of benzene rings is 2. The minimum atomic E-state index is -0.531. The van der Waals surface area contributed by atoms with Gasteiger partial charge in [0.2, 0.25) is 5.91 Å². The summed E-state index contributed by atoms with van der Waals surface area (Å²) in [4.78, 5) is 15.3. The van der Waals surface area contributed by atoms with Gasteiger partial charge in [0.1, 0.15) is 17.7 Å². The molecule has 1 unspecified atom stereocenters. The highest BCUT2D eigenvalue weighted by Crippen LogP contribution is 2.25. The summed E-state index contributed by atoms with van der Waals surface area (Å²) < 4.78 is 14.9. The average molecular weight is 407 g/mol. The predicted molar refractivity (Wildman–Crippen MR) is 111 cm³/mol. The number of piperidine rings is 1. The molecular formula is C23H26FN5O. The van der Waals surface area contributed by atoms with E-state index in [1.54, 1.807) is 23.7 Å². The Bertz CT molecular complexity index is 965. The van der Waals surface area contributed by atoms with Crippen LogP contribution in [0.5, 0.6) is 0 Å². The van der Waals surface area contributed by atoms with Crippen LogP contribution >= 0.6 is 0 Å². The summed E-state index contributed by atoms with van der Waals surface area (Å²) in [5, 5.41) is 11.7. The van der Waals surface area contributed by atoms with E-state index in [0.29, 0.717) is 18.2 Å². The first-order chi connectivity index (χ1) is 14.6. The van der Waals surface area contributed by atoms with Gasteiger partial charge >= 0.3 is 0 Å². The lowest BCUT2D eigenvalue weighted by Gasteiger charge is -2.34. The standard InChI is InChI=1S/C23H26FN5O/c1-17-25-26-27-29(17)22(16-19-7-9-21(24)10-8-19)23(30)28-13-11-20(12-14-28)15-18-5-3-2-4-6-18/h2-10,20,22H,11-16H2,1H3. The number of halogens is 1. The highest BCUT2D eigenvalue weighted by molar-refractivity contribution is 5.80. The Morgan fingerprint density at radius 3 is 2.40 bits per heavy atom. The second-order valence-electron chi connectivity index (χ2n) is 7.98. The molecule has 3 aromatic rings. The number of nitrogens with zero attached hydrogens (tertiary/aromatic N) is 5. The first-order valence-corrected chi connectivity index (χ1v) is 10.4. The van der Waals surface area contributed by atoms with Crippen LogP contribution in [0.25, 0.3) is 0 Å². The molecule has 0 N–H and O–H groups in total. The quantitative estimate of drug-likeness (QED) is 0.628. The average Bonchev–Trinajstić information content (AvgIpc) is 3.20. The number of hydrogen-bond acceptors (Lipinski definition) is 4. The number of amides is 1. The number of rotatable bonds is 6. The van der Waals surface area contributed by atoms with Gasteiger partial charge < -0.3 is 4.90 Å². The molecule has 0 bridgehead atoms. The minimum absolute atomic E-state index is 0.0212. The molecule has 1 aromatic heterocycles. The first kappa shape index (κ1) is 20.2. The maximum atomic E-state index is 13.4. The number of aromatic nitrogens is 4. The molecule has 1 amide bonds. The Kier molecular flexibility index (Phi) is 6.16. The van der Waals surface area contributed by atoms with Crippen molar-refractivity contribution in [3.05, 3.63) is 77.4 Å². The van der Waals surface area contributed by atoms with Crippen LogP contribution in [-0.2, 0) is 17.6 Å². The van der Waals surface area contributed by atoms with Crippen LogP contribution in [-0.4, -0.2) is 44.1 Å². The summed E-state index contributed by atoms with van der Waals surface area (Å²) >= 11 is 0. The zero-order chi connectivity index (χ0) is 20.9. The molecule has 7 heteroatoms. The summed E-state index contributed by atoms with van der Waals surface area (Å²) in [6, 6.07) is 16.2. The maximum absolute atomic E-state index is 13.4. The van der Waals surface area contributed by atoms with Crippen LogP contribution < -0.4 is 0 Å². The van der Waals surface area contributed by atoms with Crippen molar-refractivity contribution in [1.29, 1.82) is 0 Å². The molecule has 0 aliphatic carbocycles. The first-order valence-electron chi connectivity index (χ1n) is 10.4. The second-order valence-corrected chi connectivity index (χ2v) is 7.98. The van der Waals surface area contributed by atoms with Gasteiger partial charge in [-0.2, -0.15) is 0 Å². The number of carbonyl (C=O) groups excluding carboxylic acids is 1. The van der Waals surface area contributed by atoms with Crippen LogP contribution in [0.3, 0.4) is 0 Å². The molecule has 30 heavy (non-hydrogen) atoms. The van der Waals surface area contributed by atoms with Gasteiger partial charge in [-0.25, -0.2) is 9.07 Å². The number of aryl methyl sites for hydroxylation is 1. The van der Waals surface area contributed by atoms with E-state index in [1.807, 2.05) is 11.0 Å². The monoisotopic (exact) mass is 407 g/mol. The highest BCUT2D eigenvalue weighted by atomic mass is 19.1. The summed E-state index contributed by atoms with van der Waals surface area (Å²) in [5.74, 6) is 0.907. The van der Waals surface area contributed by atoms with Crippen molar-refractivity contribution in [2.75, 3.05) is 13.1 Å². The van der Waals surface area contributed by atoms with Gasteiger partial charge in [0.05, 0.1) is 0 Å². The lowest BCUT2D eigenvalue weighted by molar-refractivity contribution is -0.136. The van der Waals surface area contributed by atoms with Gasteiger partial charge in [0.25, 0.3) is 0 Å². The van der Waals surface area contributed by atoms with E-state index < -0.39 is 6.04 Å². The number of carbonyl (C=O) groups is 1. The van der Waals surface area contributed by atoms with Gasteiger partial charge in [-0.1, -0.05) is 42.5 Å². The Morgan fingerprint density at radius 2 is 1.77 bits per heavy atom. The fraction of sp³-hybridized carbons (Fsp3) is 0.391. The highest BCUT2D eigenvalue weighted by Gasteiger charge is 2.31. The van der Waals surface area contributed by atoms with E-state index >= 15 is 0 Å². The third kappa shape index (κ3) is 4.72. The topological polar surface area (TPSA) is 63.9 Å². The molecule has 1 atom stereocenters. The molecule has 156 valence electrons. The molecule has 1 fully saturated rings. The van der Waals surface area contributed by atoms with Gasteiger partial charge in [0.15, 0.2) is 0 Å². The Labute approximate surface area is 175 Å². The Balaban J connectivity index is 1.44. The van der Waals surface area contributed by atoms with E-state index in [0.717, 1.165) is 37.9 Å². The molecule has 6 nitrogen and oxygen atoms in total. The van der Waals surface area contributed by atoms with Crippen molar-refractivity contribution < 1.29 is 9.18 Å². The van der Waals surface area contributed by atoms with Crippen molar-refractivity contribution in [2.24, 2.45) is 5.92 Å². The normalized spacial score (nSPS) is 15.9. The van der Waals surface area contributed by atoms with Crippen molar-refractivity contribution in [1.82, 2.24) is 25.1 Å². The lowest BCUT2D eigenvalue weighted by atomic mass is 9.90. The van der Waals surface area contributed by atoms with Crippen molar-refractivity contribution in [3.8, 4) is 0 Å². The van der Waals surface area contributed by atoms with Crippen LogP contribution in [0.15, 0.2) is 54.6 Å². The van der Waals surface area contributed by atoms with Crippen LogP contribution in [0.2, 0.25) is 0 Å². The molecule has 0 radical (unpaired) electrons. The molecule has 1 aliphatic rings. The number of tetrazole rings is 1. The third-order valence-electron chi connectivity index (χ3n) is 5.87. The summed E-state index contributed by atoms with van der Waals surface area (Å²) in [7, 11) is 0. The predicted octanol–water partition coefficient (Wildman–Crippen LogP) is 3.39. The van der Waals surface area contributed by atoms with Crippen molar-refractivity contribution in [2.45, 2.75) is 38.6 Å². The molecule has 0 spiro atoms. The summed E-state index contributed by atoms with van der Waals surface area (Å²) in [5.41, 5.74) is 2.23. The van der Waals surface area contributed by atoms with Crippen molar-refractivity contribution >= 4 is 5.91 Å². The smallest absolute Gasteiger partial charge is 0.247 e. The molecule has 0 saturated carbocycles. The van der Waals surface area contributed by atoms with E-state index in [4.69, 9.17) is 0 Å². The molecular weight excluding hydrogens is 381 g/mol. The molecule has 4 rings (SSSR count). The van der Waals surface area contributed by atoms with E-state index in [1.165, 1.54) is 17.7 Å². The molecule has 2 heterocycles. The van der Waals surface area contributed by atoms with Crippen LogP contribution in [0.4, 0.5) is 4.39 Å². The van der Waals surface area contributed by atoms with E-state index in [-0.39, 0.29) is 11.7 Å². The van der Waals surface area contributed by atoms with Crippen molar-refractivity contribution in [3.63, 3.8) is 0 Å². The third-order valence-corrected chi connectivity index (χ3v) is 5.87. The second kappa shape index (κ2) is 9.15. The van der Waals surface area contributed by atoms with Gasteiger partial charge in [-0.3, -0.25) is 4.79 Å². The van der Waals surface area contributed by atoms with Crippen LogP contribution in [0, 0.1) is 18.7 Å². The summed E-state index contributed by atoms with van der Waals surface area (Å²) in [6.45, 7) is 3.26. The molecule has 1 saturated heterocycles. The maximum Gasteiger partial charge on any atom is 0.247 e. The van der Waals surface area contributed by atoms with Gasteiger partial charge in [-0.15, -0.1) is 5.10 Å². The van der Waals surface area contributed by atoms with E-state index in [9.17, 15) is 9.18 Å². The van der Waals surface area contributed by atoms with Gasteiger partial charge in [0, 0.05) is 19.5 Å². The lowest BCUT2D eigenvalue weighted by Crippen LogP contribution is -2.43. The number of hydrogen-bond donors (Lipinski definition) is 0. The Hall–Kier alpha value is -3.09. The largest absolute Gasteiger partial charge is 0.341 e. The summed E-state index contributed by atoms with van der Waals surface area (Å²) in [6.07, 6.45) is 3.44. The SMILES string of the molecule is Cc1nnnn1C(Cc1ccc(F)cc1)C(=O)N1CCC(Cc2ccccc2)CC1. The number of likely N-dealkylation sites (tertiary alicyclic amines) is 1. The Morgan fingerprint density at radius 1 is 1.07 bits per heavy atom. The minimum Gasteiger partial charge on any atom is -0.341 e.